The second kappa shape index (κ2) is 12.2. The molecule has 0 spiro atoms. The van der Waals surface area contributed by atoms with Gasteiger partial charge in [-0.05, 0) is 59.8 Å². The Hall–Kier alpha value is -3.53. The SMILES string of the molecule is CC1(c2ccc([C@@H](NC(=O)[C@@H]3C[C@@H](F)CN3C(=O)COC(=O)N3CCN(CC4CC4)CC3)c3ccccc3)cc2F)CC1. The Balaban J connectivity index is 1.09. The Morgan fingerprint density at radius 2 is 1.74 bits per heavy atom. The van der Waals surface area contributed by atoms with Gasteiger partial charge >= 0.3 is 6.09 Å². The summed E-state index contributed by atoms with van der Waals surface area (Å²) in [6.45, 7) is 4.88. The van der Waals surface area contributed by atoms with E-state index >= 15 is 4.39 Å². The summed E-state index contributed by atoms with van der Waals surface area (Å²) < 4.78 is 35.1. The van der Waals surface area contributed by atoms with Crippen molar-refractivity contribution in [3.8, 4) is 0 Å². The van der Waals surface area contributed by atoms with Crippen LogP contribution in [0.4, 0.5) is 13.6 Å². The molecule has 1 N–H and O–H groups in total. The van der Waals surface area contributed by atoms with Gasteiger partial charge in [-0.3, -0.25) is 14.5 Å². The highest BCUT2D eigenvalue weighted by Gasteiger charge is 2.42. The summed E-state index contributed by atoms with van der Waals surface area (Å²) in [6.07, 6.45) is 2.29. The molecule has 2 saturated heterocycles. The number of halogens is 2. The van der Waals surface area contributed by atoms with Crippen molar-refractivity contribution in [3.63, 3.8) is 0 Å². The Morgan fingerprint density at radius 1 is 1.02 bits per heavy atom. The summed E-state index contributed by atoms with van der Waals surface area (Å²) in [5.74, 6) is -0.702. The molecule has 3 atom stereocenters. The minimum absolute atomic E-state index is 0.150. The van der Waals surface area contributed by atoms with Crippen LogP contribution in [0.3, 0.4) is 0 Å². The van der Waals surface area contributed by atoms with Crippen LogP contribution in [0, 0.1) is 11.7 Å². The van der Waals surface area contributed by atoms with E-state index in [1.165, 1.54) is 18.9 Å². The largest absolute Gasteiger partial charge is 0.439 e. The molecular weight excluding hydrogens is 554 g/mol. The third-order valence-corrected chi connectivity index (χ3v) is 9.43. The van der Waals surface area contributed by atoms with Gasteiger partial charge in [0.25, 0.3) is 5.91 Å². The van der Waals surface area contributed by atoms with Gasteiger partial charge in [0.15, 0.2) is 6.61 Å². The van der Waals surface area contributed by atoms with Gasteiger partial charge in [0.1, 0.15) is 18.0 Å². The van der Waals surface area contributed by atoms with Crippen molar-refractivity contribution < 1.29 is 27.9 Å². The smallest absolute Gasteiger partial charge is 0.410 e. The molecule has 6 rings (SSSR count). The van der Waals surface area contributed by atoms with E-state index in [1.807, 2.05) is 43.3 Å². The van der Waals surface area contributed by atoms with E-state index in [9.17, 15) is 18.8 Å². The summed E-state index contributed by atoms with van der Waals surface area (Å²) in [6, 6.07) is 12.5. The molecule has 2 saturated carbocycles. The van der Waals surface area contributed by atoms with Crippen molar-refractivity contribution in [2.75, 3.05) is 45.9 Å². The first-order valence-corrected chi connectivity index (χ1v) is 15.4. The molecule has 2 aliphatic carbocycles. The van der Waals surface area contributed by atoms with Crippen LogP contribution in [0.1, 0.15) is 61.8 Å². The minimum Gasteiger partial charge on any atom is -0.439 e. The monoisotopic (exact) mass is 594 g/mol. The lowest BCUT2D eigenvalue weighted by Gasteiger charge is -2.34. The van der Waals surface area contributed by atoms with Crippen molar-refractivity contribution in [1.29, 1.82) is 0 Å². The van der Waals surface area contributed by atoms with Crippen LogP contribution in [0.15, 0.2) is 48.5 Å². The fourth-order valence-electron chi connectivity index (χ4n) is 6.29. The van der Waals surface area contributed by atoms with Gasteiger partial charge in [0, 0.05) is 39.1 Å². The van der Waals surface area contributed by atoms with Crippen LogP contribution in [0.5, 0.6) is 0 Å². The molecule has 230 valence electrons. The van der Waals surface area contributed by atoms with E-state index in [1.54, 1.807) is 11.0 Å². The molecule has 0 bridgehead atoms. The lowest BCUT2D eigenvalue weighted by molar-refractivity contribution is -0.141. The molecule has 2 aliphatic heterocycles. The average Bonchev–Trinajstić information content (AvgIpc) is 3.94. The molecule has 8 nitrogen and oxygen atoms in total. The number of carbonyl (C=O) groups is 3. The second-order valence-electron chi connectivity index (χ2n) is 12.8. The first-order chi connectivity index (χ1) is 20.7. The maximum atomic E-state index is 15.2. The summed E-state index contributed by atoms with van der Waals surface area (Å²) in [5, 5.41) is 2.95. The number of carbonyl (C=O) groups excluding carboxylic acids is 3. The predicted molar refractivity (Wildman–Crippen MR) is 157 cm³/mol. The Bertz CT molecular complexity index is 1340. The molecule has 4 fully saturated rings. The van der Waals surface area contributed by atoms with Crippen LogP contribution in [-0.2, 0) is 19.7 Å². The number of alkyl halides is 1. The van der Waals surface area contributed by atoms with Gasteiger partial charge in [0.05, 0.1) is 12.6 Å². The van der Waals surface area contributed by atoms with Gasteiger partial charge in [-0.15, -0.1) is 0 Å². The molecule has 2 aromatic rings. The lowest BCUT2D eigenvalue weighted by atomic mass is 9.92. The Labute approximate surface area is 251 Å². The molecular formula is C33H40F2N4O4. The summed E-state index contributed by atoms with van der Waals surface area (Å²) in [7, 11) is 0. The minimum atomic E-state index is -1.39. The first kappa shape index (κ1) is 29.5. The van der Waals surface area contributed by atoms with Gasteiger partial charge in [-0.25, -0.2) is 13.6 Å². The second-order valence-corrected chi connectivity index (χ2v) is 12.8. The van der Waals surface area contributed by atoms with Gasteiger partial charge in [0.2, 0.25) is 5.91 Å². The molecule has 2 heterocycles. The number of hydrogen-bond donors (Lipinski definition) is 1. The summed E-state index contributed by atoms with van der Waals surface area (Å²) in [5.41, 5.74) is 1.81. The van der Waals surface area contributed by atoms with Gasteiger partial charge in [-0.1, -0.05) is 49.4 Å². The zero-order valence-corrected chi connectivity index (χ0v) is 24.6. The number of ether oxygens (including phenoxy) is 1. The number of nitrogens with zero attached hydrogens (tertiary/aromatic N) is 3. The molecule has 0 unspecified atom stereocenters. The number of piperazine rings is 1. The van der Waals surface area contributed by atoms with Crippen LogP contribution in [0.25, 0.3) is 0 Å². The third-order valence-electron chi connectivity index (χ3n) is 9.43. The standard InChI is InChI=1S/C33H40F2N4O4/c1-33(11-12-33)26-10-9-24(17-27(26)35)30(23-5-3-2-4-6-23)36-31(41)28-18-25(34)20-39(28)29(40)21-43-32(42)38-15-13-37(14-16-38)19-22-7-8-22/h2-6,9-10,17,22,25,28,30H,7-8,11-16,18-21H2,1H3,(H,36,41)/t25-,28+,30+/m1/s1. The van der Waals surface area contributed by atoms with E-state index in [2.05, 4.69) is 10.2 Å². The summed E-state index contributed by atoms with van der Waals surface area (Å²) in [4.78, 5) is 44.4. The number of likely N-dealkylation sites (tertiary alicyclic amines) is 1. The molecule has 2 aromatic carbocycles. The van der Waals surface area contributed by atoms with Crippen molar-refractivity contribution in [2.24, 2.45) is 5.92 Å². The molecule has 3 amide bonds. The molecule has 0 aromatic heterocycles. The molecule has 43 heavy (non-hydrogen) atoms. The van der Waals surface area contributed by atoms with Crippen LogP contribution < -0.4 is 5.32 Å². The van der Waals surface area contributed by atoms with Crippen LogP contribution >= 0.6 is 0 Å². The third kappa shape index (κ3) is 6.84. The highest BCUT2D eigenvalue weighted by Crippen LogP contribution is 2.48. The first-order valence-electron chi connectivity index (χ1n) is 15.4. The van der Waals surface area contributed by atoms with E-state index in [4.69, 9.17) is 4.74 Å². The van der Waals surface area contributed by atoms with Crippen molar-refractivity contribution >= 4 is 17.9 Å². The highest BCUT2D eigenvalue weighted by atomic mass is 19.1. The predicted octanol–water partition coefficient (Wildman–Crippen LogP) is 4.19. The number of nitrogens with one attached hydrogen (secondary N) is 1. The van der Waals surface area contributed by atoms with E-state index < -0.39 is 42.8 Å². The Kier molecular flexibility index (Phi) is 8.40. The Morgan fingerprint density at radius 3 is 2.40 bits per heavy atom. The normalized spacial score (nSPS) is 24.0. The lowest BCUT2D eigenvalue weighted by Crippen LogP contribution is -2.50. The van der Waals surface area contributed by atoms with Crippen molar-refractivity contribution in [2.45, 2.75) is 62.7 Å². The topological polar surface area (TPSA) is 82.2 Å². The molecule has 10 heteroatoms. The summed E-state index contributed by atoms with van der Waals surface area (Å²) >= 11 is 0. The molecule has 4 aliphatic rings. The molecule has 0 radical (unpaired) electrons. The number of amides is 3. The fourth-order valence-corrected chi connectivity index (χ4v) is 6.29. The average molecular weight is 595 g/mol. The maximum Gasteiger partial charge on any atom is 0.410 e. The number of benzene rings is 2. The number of rotatable bonds is 9. The maximum absolute atomic E-state index is 15.2. The van der Waals surface area contributed by atoms with E-state index in [0.717, 1.165) is 48.9 Å². The van der Waals surface area contributed by atoms with Crippen molar-refractivity contribution in [3.05, 3.63) is 71.0 Å². The van der Waals surface area contributed by atoms with Crippen LogP contribution in [-0.4, -0.2) is 90.7 Å². The van der Waals surface area contributed by atoms with E-state index in [-0.39, 0.29) is 24.2 Å². The zero-order valence-electron chi connectivity index (χ0n) is 24.6. The fraction of sp³-hybridized carbons (Fsp3) is 0.545. The van der Waals surface area contributed by atoms with Crippen molar-refractivity contribution in [1.82, 2.24) is 20.0 Å². The number of hydrogen-bond acceptors (Lipinski definition) is 5. The van der Waals surface area contributed by atoms with Crippen LogP contribution in [0.2, 0.25) is 0 Å². The van der Waals surface area contributed by atoms with E-state index in [0.29, 0.717) is 24.2 Å². The highest BCUT2D eigenvalue weighted by molar-refractivity contribution is 5.90. The van der Waals surface area contributed by atoms with Gasteiger partial charge in [-0.2, -0.15) is 0 Å². The quantitative estimate of drug-likeness (QED) is 0.471. The van der Waals surface area contributed by atoms with Gasteiger partial charge < -0.3 is 19.9 Å². The zero-order chi connectivity index (χ0) is 30.1.